The van der Waals surface area contributed by atoms with Gasteiger partial charge in [0, 0.05) is 65.1 Å². The SMILES string of the molecule is CCC1(CNC(=NC)NCCC(=O)N2CCN(c3ncccn3)CC2)CCC1.I. The molecule has 3 rings (SSSR count). The zero-order valence-corrected chi connectivity index (χ0v) is 19.9. The van der Waals surface area contributed by atoms with Crippen molar-refractivity contribution < 1.29 is 4.79 Å². The van der Waals surface area contributed by atoms with Gasteiger partial charge in [-0.1, -0.05) is 13.3 Å². The number of amides is 1. The Hall–Kier alpha value is -1.65. The average Bonchev–Trinajstić information content (AvgIpc) is 2.72. The number of rotatable bonds is 7. The zero-order chi connectivity index (χ0) is 19.8. The van der Waals surface area contributed by atoms with E-state index in [2.05, 4.69) is 37.4 Å². The molecule has 1 aromatic rings. The van der Waals surface area contributed by atoms with E-state index in [0.29, 0.717) is 31.5 Å². The summed E-state index contributed by atoms with van der Waals surface area (Å²) >= 11 is 0. The summed E-state index contributed by atoms with van der Waals surface area (Å²) in [5.74, 6) is 1.71. The van der Waals surface area contributed by atoms with E-state index >= 15 is 0 Å². The number of piperazine rings is 1. The second-order valence-electron chi connectivity index (χ2n) is 7.73. The molecule has 29 heavy (non-hydrogen) atoms. The van der Waals surface area contributed by atoms with E-state index in [0.717, 1.165) is 31.5 Å². The Balaban J connectivity index is 0.00000300. The van der Waals surface area contributed by atoms with Gasteiger partial charge in [-0.25, -0.2) is 9.97 Å². The minimum Gasteiger partial charge on any atom is -0.356 e. The molecule has 2 fully saturated rings. The predicted octanol–water partition coefficient (Wildman–Crippen LogP) is 1.88. The molecule has 0 radical (unpaired) electrons. The molecular weight excluding hydrogens is 481 g/mol. The van der Waals surface area contributed by atoms with Crippen molar-refractivity contribution in [2.45, 2.75) is 39.0 Å². The molecule has 2 aliphatic rings. The maximum atomic E-state index is 12.5. The fourth-order valence-electron chi connectivity index (χ4n) is 3.88. The number of hydrogen-bond donors (Lipinski definition) is 2. The summed E-state index contributed by atoms with van der Waals surface area (Å²) < 4.78 is 0. The van der Waals surface area contributed by atoms with Crippen molar-refractivity contribution in [3.8, 4) is 0 Å². The molecule has 0 bridgehead atoms. The lowest BCUT2D eigenvalue weighted by atomic mass is 9.67. The van der Waals surface area contributed by atoms with E-state index in [1.54, 1.807) is 19.4 Å². The smallest absolute Gasteiger partial charge is 0.225 e. The van der Waals surface area contributed by atoms with Crippen LogP contribution in [0.25, 0.3) is 0 Å². The van der Waals surface area contributed by atoms with Crippen molar-refractivity contribution in [1.29, 1.82) is 0 Å². The topological polar surface area (TPSA) is 85.8 Å². The lowest BCUT2D eigenvalue weighted by Crippen LogP contribution is -2.50. The number of nitrogens with zero attached hydrogens (tertiary/aromatic N) is 5. The third-order valence-corrected chi connectivity index (χ3v) is 6.12. The first-order valence-electron chi connectivity index (χ1n) is 10.4. The van der Waals surface area contributed by atoms with Gasteiger partial charge in [-0.3, -0.25) is 9.79 Å². The first-order chi connectivity index (χ1) is 13.7. The maximum Gasteiger partial charge on any atom is 0.225 e. The molecule has 1 aliphatic carbocycles. The van der Waals surface area contributed by atoms with E-state index in [4.69, 9.17) is 0 Å². The standard InChI is InChI=1S/C20H33N7O.HI/c1-3-20(7-4-8-20)16-25-18(21-2)22-11-6-17(28)26-12-14-27(15-13-26)19-23-9-5-10-24-19;/h5,9-10H,3-4,6-8,11-16H2,1-2H3,(H2,21,22,25);1H. The van der Waals surface area contributed by atoms with Crippen molar-refractivity contribution in [2.24, 2.45) is 10.4 Å². The number of guanidine groups is 1. The lowest BCUT2D eigenvalue weighted by Gasteiger charge is -2.41. The summed E-state index contributed by atoms with van der Waals surface area (Å²) in [6.45, 7) is 6.78. The highest BCUT2D eigenvalue weighted by molar-refractivity contribution is 14.0. The molecule has 8 nitrogen and oxygen atoms in total. The van der Waals surface area contributed by atoms with Crippen LogP contribution in [-0.2, 0) is 4.79 Å². The summed E-state index contributed by atoms with van der Waals surface area (Å²) in [7, 11) is 1.78. The van der Waals surface area contributed by atoms with Gasteiger partial charge >= 0.3 is 0 Å². The molecule has 0 spiro atoms. The van der Waals surface area contributed by atoms with Gasteiger partial charge in [0.15, 0.2) is 5.96 Å². The van der Waals surface area contributed by atoms with E-state index in [1.807, 2.05) is 11.0 Å². The first kappa shape index (κ1) is 23.6. The third-order valence-electron chi connectivity index (χ3n) is 6.12. The summed E-state index contributed by atoms with van der Waals surface area (Å²) in [4.78, 5) is 29.4. The van der Waals surface area contributed by atoms with Crippen LogP contribution in [0, 0.1) is 5.41 Å². The molecule has 1 amide bonds. The molecule has 1 aromatic heterocycles. The molecular formula is C20H34IN7O. The van der Waals surface area contributed by atoms with Gasteiger partial charge in [-0.2, -0.15) is 0 Å². The van der Waals surface area contributed by atoms with Crippen LogP contribution in [0.3, 0.4) is 0 Å². The molecule has 2 heterocycles. The molecule has 0 aromatic carbocycles. The minimum atomic E-state index is 0. The minimum absolute atomic E-state index is 0. The van der Waals surface area contributed by atoms with Crippen molar-refractivity contribution in [2.75, 3.05) is 51.2 Å². The second kappa shape index (κ2) is 11.5. The predicted molar refractivity (Wildman–Crippen MR) is 127 cm³/mol. The van der Waals surface area contributed by atoms with Crippen LogP contribution >= 0.6 is 24.0 Å². The number of carbonyl (C=O) groups is 1. The van der Waals surface area contributed by atoms with Crippen molar-refractivity contribution >= 4 is 41.8 Å². The van der Waals surface area contributed by atoms with Crippen LogP contribution in [0.4, 0.5) is 5.95 Å². The Morgan fingerprint density at radius 2 is 1.86 bits per heavy atom. The summed E-state index contributed by atoms with van der Waals surface area (Å²) in [5.41, 5.74) is 0.440. The Morgan fingerprint density at radius 1 is 1.17 bits per heavy atom. The number of hydrogen-bond acceptors (Lipinski definition) is 5. The van der Waals surface area contributed by atoms with Crippen LogP contribution in [-0.4, -0.2) is 73.1 Å². The van der Waals surface area contributed by atoms with Crippen LogP contribution in [0.1, 0.15) is 39.0 Å². The highest BCUT2D eigenvalue weighted by Crippen LogP contribution is 2.42. The lowest BCUT2D eigenvalue weighted by molar-refractivity contribution is -0.131. The highest BCUT2D eigenvalue weighted by atomic mass is 127. The maximum absolute atomic E-state index is 12.5. The molecule has 162 valence electrons. The molecule has 0 unspecified atom stereocenters. The molecule has 1 saturated carbocycles. The van der Waals surface area contributed by atoms with Crippen LogP contribution in [0.15, 0.2) is 23.5 Å². The van der Waals surface area contributed by atoms with Gasteiger partial charge in [0.2, 0.25) is 11.9 Å². The Bertz CT molecular complexity index is 653. The molecule has 9 heteroatoms. The number of nitrogens with one attached hydrogen (secondary N) is 2. The van der Waals surface area contributed by atoms with Crippen LogP contribution in [0.5, 0.6) is 0 Å². The fourth-order valence-corrected chi connectivity index (χ4v) is 3.88. The van der Waals surface area contributed by atoms with E-state index in [1.165, 1.54) is 25.7 Å². The summed E-state index contributed by atoms with van der Waals surface area (Å²) in [5, 5.41) is 6.71. The average molecular weight is 515 g/mol. The quantitative estimate of drug-likeness (QED) is 0.328. The number of halogens is 1. The van der Waals surface area contributed by atoms with Gasteiger partial charge in [-0.15, -0.1) is 24.0 Å². The molecule has 1 aliphatic heterocycles. The van der Waals surface area contributed by atoms with Gasteiger partial charge in [0.05, 0.1) is 0 Å². The van der Waals surface area contributed by atoms with Crippen molar-refractivity contribution in [3.63, 3.8) is 0 Å². The number of aromatic nitrogens is 2. The fraction of sp³-hybridized carbons (Fsp3) is 0.700. The van der Waals surface area contributed by atoms with Gasteiger partial charge in [0.25, 0.3) is 0 Å². The molecule has 2 N–H and O–H groups in total. The van der Waals surface area contributed by atoms with E-state index < -0.39 is 0 Å². The van der Waals surface area contributed by atoms with E-state index in [9.17, 15) is 4.79 Å². The number of aliphatic imine (C=N–C) groups is 1. The molecule has 1 saturated heterocycles. The Kier molecular flexibility index (Phi) is 9.38. The normalized spacial score (nSPS) is 18.5. The Morgan fingerprint density at radius 3 is 2.41 bits per heavy atom. The summed E-state index contributed by atoms with van der Waals surface area (Å²) in [6, 6.07) is 1.81. The highest BCUT2D eigenvalue weighted by Gasteiger charge is 2.34. The van der Waals surface area contributed by atoms with Crippen molar-refractivity contribution in [3.05, 3.63) is 18.5 Å². The van der Waals surface area contributed by atoms with Gasteiger partial charge in [0.1, 0.15) is 0 Å². The molecule has 0 atom stereocenters. The third kappa shape index (κ3) is 6.42. The Labute approximate surface area is 191 Å². The van der Waals surface area contributed by atoms with E-state index in [-0.39, 0.29) is 29.9 Å². The number of carbonyl (C=O) groups excluding carboxylic acids is 1. The largest absolute Gasteiger partial charge is 0.356 e. The van der Waals surface area contributed by atoms with Crippen molar-refractivity contribution in [1.82, 2.24) is 25.5 Å². The zero-order valence-electron chi connectivity index (χ0n) is 17.6. The van der Waals surface area contributed by atoms with Crippen LogP contribution in [0.2, 0.25) is 0 Å². The first-order valence-corrected chi connectivity index (χ1v) is 10.4. The number of anilines is 1. The van der Waals surface area contributed by atoms with Gasteiger partial charge in [-0.05, 0) is 30.7 Å². The second-order valence-corrected chi connectivity index (χ2v) is 7.73. The van der Waals surface area contributed by atoms with Crippen LogP contribution < -0.4 is 15.5 Å². The monoisotopic (exact) mass is 515 g/mol. The summed E-state index contributed by atoms with van der Waals surface area (Å²) in [6.07, 6.45) is 9.11. The van der Waals surface area contributed by atoms with Gasteiger partial charge < -0.3 is 20.4 Å².